The highest BCUT2D eigenvalue weighted by Gasteiger charge is 2.15. The second-order valence-corrected chi connectivity index (χ2v) is 7.01. The second-order valence-electron chi connectivity index (χ2n) is 7.01. The van der Waals surface area contributed by atoms with Crippen molar-refractivity contribution in [3.05, 3.63) is 114 Å². The van der Waals surface area contributed by atoms with Crippen molar-refractivity contribution in [2.24, 2.45) is 0 Å². The molecule has 0 atom stereocenters. The fraction of sp³-hybridized carbons (Fsp3) is 0.115. The quantitative estimate of drug-likeness (QED) is 0.411. The molecule has 0 bridgehead atoms. The number of ether oxygens (including phenoxy) is 2. The van der Waals surface area contributed by atoms with Crippen LogP contribution in [0.15, 0.2) is 91.0 Å². The standard InChI is InChI=1S/C26H22FNO3/c27-22-11-12-23(21(15-22)16-29)24-13-14-25(30-17-19-7-3-1-4-8-19)28-26(24)31-18-20-9-5-2-6-10-20/h1-15,29H,16-18H2. The summed E-state index contributed by atoms with van der Waals surface area (Å²) in [6, 6.07) is 27.4. The lowest BCUT2D eigenvalue weighted by atomic mass is 10.0. The van der Waals surface area contributed by atoms with Gasteiger partial charge in [-0.15, -0.1) is 0 Å². The molecule has 156 valence electrons. The zero-order valence-electron chi connectivity index (χ0n) is 16.9. The Kier molecular flexibility index (Phi) is 6.55. The van der Waals surface area contributed by atoms with Crippen molar-refractivity contribution in [3.63, 3.8) is 0 Å². The molecule has 4 nitrogen and oxygen atoms in total. The molecule has 0 radical (unpaired) electrons. The molecule has 4 rings (SSSR count). The van der Waals surface area contributed by atoms with Crippen molar-refractivity contribution in [2.75, 3.05) is 0 Å². The highest BCUT2D eigenvalue weighted by Crippen LogP contribution is 2.34. The van der Waals surface area contributed by atoms with Crippen LogP contribution in [0.1, 0.15) is 16.7 Å². The van der Waals surface area contributed by atoms with E-state index in [1.165, 1.54) is 12.1 Å². The van der Waals surface area contributed by atoms with E-state index in [1.807, 2.05) is 66.7 Å². The van der Waals surface area contributed by atoms with Gasteiger partial charge in [-0.25, -0.2) is 4.39 Å². The third-order valence-corrected chi connectivity index (χ3v) is 4.81. The van der Waals surface area contributed by atoms with Gasteiger partial charge in [-0.2, -0.15) is 4.98 Å². The average Bonchev–Trinajstić information content (AvgIpc) is 2.83. The second kappa shape index (κ2) is 9.87. The van der Waals surface area contributed by atoms with E-state index in [-0.39, 0.29) is 6.61 Å². The lowest BCUT2D eigenvalue weighted by molar-refractivity contribution is 0.268. The number of hydrogen-bond donors (Lipinski definition) is 1. The summed E-state index contributed by atoms with van der Waals surface area (Å²) in [5, 5.41) is 9.72. The molecular formula is C26H22FNO3. The molecule has 0 aliphatic heterocycles. The lowest BCUT2D eigenvalue weighted by Gasteiger charge is -2.15. The third kappa shape index (κ3) is 5.27. The maximum Gasteiger partial charge on any atom is 0.225 e. The van der Waals surface area contributed by atoms with E-state index in [0.717, 1.165) is 11.1 Å². The van der Waals surface area contributed by atoms with Gasteiger partial charge in [-0.1, -0.05) is 66.7 Å². The number of aromatic nitrogens is 1. The molecule has 4 aromatic rings. The first-order chi connectivity index (χ1) is 15.2. The minimum absolute atomic E-state index is 0.294. The van der Waals surface area contributed by atoms with E-state index in [2.05, 4.69) is 4.98 Å². The molecule has 0 fully saturated rings. The summed E-state index contributed by atoms with van der Waals surface area (Å²) in [6.45, 7) is 0.403. The third-order valence-electron chi connectivity index (χ3n) is 4.81. The van der Waals surface area contributed by atoms with Crippen molar-refractivity contribution in [2.45, 2.75) is 19.8 Å². The summed E-state index contributed by atoms with van der Waals surface area (Å²) in [7, 11) is 0. The Morgan fingerprint density at radius 1 is 0.710 bits per heavy atom. The summed E-state index contributed by atoms with van der Waals surface area (Å²) in [6.07, 6.45) is 0. The van der Waals surface area contributed by atoms with Gasteiger partial charge < -0.3 is 14.6 Å². The van der Waals surface area contributed by atoms with Gasteiger partial charge >= 0.3 is 0 Å². The summed E-state index contributed by atoms with van der Waals surface area (Å²) in [4.78, 5) is 4.56. The molecule has 0 saturated heterocycles. The predicted octanol–water partition coefficient (Wildman–Crippen LogP) is 5.54. The summed E-state index contributed by atoms with van der Waals surface area (Å²) in [5.74, 6) is 0.370. The highest BCUT2D eigenvalue weighted by molar-refractivity contribution is 5.72. The van der Waals surface area contributed by atoms with Crippen LogP contribution < -0.4 is 9.47 Å². The molecular weight excluding hydrogens is 393 g/mol. The van der Waals surface area contributed by atoms with Crippen LogP contribution in [0.4, 0.5) is 4.39 Å². The zero-order chi connectivity index (χ0) is 21.5. The van der Waals surface area contributed by atoms with E-state index in [9.17, 15) is 9.50 Å². The molecule has 0 spiro atoms. The summed E-state index contributed by atoms with van der Waals surface area (Å²) >= 11 is 0. The number of pyridine rings is 1. The Labute approximate surface area is 180 Å². The molecule has 1 N–H and O–H groups in total. The van der Waals surface area contributed by atoms with Crippen molar-refractivity contribution in [1.29, 1.82) is 0 Å². The Morgan fingerprint density at radius 2 is 1.32 bits per heavy atom. The first-order valence-corrected chi connectivity index (χ1v) is 9.97. The van der Waals surface area contributed by atoms with Gasteiger partial charge in [0.15, 0.2) is 0 Å². The maximum atomic E-state index is 13.7. The largest absolute Gasteiger partial charge is 0.473 e. The number of hydrogen-bond acceptors (Lipinski definition) is 4. The van der Waals surface area contributed by atoms with Crippen LogP contribution in [0.5, 0.6) is 11.8 Å². The van der Waals surface area contributed by atoms with Crippen molar-refractivity contribution < 1.29 is 19.0 Å². The van der Waals surface area contributed by atoms with E-state index in [4.69, 9.17) is 9.47 Å². The Morgan fingerprint density at radius 3 is 1.97 bits per heavy atom. The Hall–Kier alpha value is -3.70. The lowest BCUT2D eigenvalue weighted by Crippen LogP contribution is -2.03. The monoisotopic (exact) mass is 415 g/mol. The van der Waals surface area contributed by atoms with Gasteiger partial charge in [0.05, 0.1) is 6.61 Å². The number of benzene rings is 3. The van der Waals surface area contributed by atoms with Crippen molar-refractivity contribution in [1.82, 2.24) is 4.98 Å². The van der Waals surface area contributed by atoms with Gasteiger partial charge in [0.2, 0.25) is 11.8 Å². The van der Waals surface area contributed by atoms with Gasteiger partial charge in [0.25, 0.3) is 0 Å². The summed E-state index contributed by atoms with van der Waals surface area (Å²) in [5.41, 5.74) is 3.80. The number of aliphatic hydroxyl groups is 1. The smallest absolute Gasteiger partial charge is 0.225 e. The molecule has 0 amide bonds. The zero-order valence-corrected chi connectivity index (χ0v) is 16.9. The summed E-state index contributed by atoms with van der Waals surface area (Å²) < 4.78 is 25.6. The normalized spacial score (nSPS) is 10.6. The van der Waals surface area contributed by atoms with Crippen LogP contribution in [-0.2, 0) is 19.8 Å². The van der Waals surface area contributed by atoms with Gasteiger partial charge in [0.1, 0.15) is 19.0 Å². The van der Waals surface area contributed by atoms with Crippen LogP contribution in [0.2, 0.25) is 0 Å². The first kappa shape index (κ1) is 20.6. The fourth-order valence-electron chi connectivity index (χ4n) is 3.23. The average molecular weight is 415 g/mol. The predicted molar refractivity (Wildman–Crippen MR) is 117 cm³/mol. The van der Waals surface area contributed by atoms with E-state index in [1.54, 1.807) is 12.1 Å². The molecule has 0 aliphatic rings. The minimum atomic E-state index is -0.407. The molecule has 0 aliphatic carbocycles. The van der Waals surface area contributed by atoms with E-state index >= 15 is 0 Å². The maximum absolute atomic E-state index is 13.7. The van der Waals surface area contributed by atoms with E-state index < -0.39 is 5.82 Å². The number of nitrogens with zero attached hydrogens (tertiary/aromatic N) is 1. The molecule has 0 unspecified atom stereocenters. The molecule has 31 heavy (non-hydrogen) atoms. The number of aliphatic hydroxyl groups excluding tert-OH is 1. The fourth-order valence-corrected chi connectivity index (χ4v) is 3.23. The topological polar surface area (TPSA) is 51.6 Å². The van der Waals surface area contributed by atoms with Gasteiger partial charge in [0, 0.05) is 11.6 Å². The van der Waals surface area contributed by atoms with Crippen LogP contribution in [0, 0.1) is 5.82 Å². The molecule has 0 saturated carbocycles. The first-order valence-electron chi connectivity index (χ1n) is 9.97. The van der Waals surface area contributed by atoms with Crippen LogP contribution in [0.25, 0.3) is 11.1 Å². The molecule has 1 aromatic heterocycles. The van der Waals surface area contributed by atoms with Gasteiger partial charge in [-0.3, -0.25) is 0 Å². The Bertz CT molecular complexity index is 1130. The van der Waals surface area contributed by atoms with Crippen LogP contribution in [-0.4, -0.2) is 10.1 Å². The van der Waals surface area contributed by atoms with Crippen molar-refractivity contribution in [3.8, 4) is 22.9 Å². The van der Waals surface area contributed by atoms with Crippen LogP contribution in [0.3, 0.4) is 0 Å². The number of rotatable bonds is 8. The highest BCUT2D eigenvalue weighted by atomic mass is 19.1. The molecule has 5 heteroatoms. The molecule has 3 aromatic carbocycles. The number of halogens is 1. The Balaban J connectivity index is 1.64. The van der Waals surface area contributed by atoms with Crippen molar-refractivity contribution >= 4 is 0 Å². The SMILES string of the molecule is OCc1cc(F)ccc1-c1ccc(OCc2ccccc2)nc1OCc1ccccc1. The van der Waals surface area contributed by atoms with Crippen LogP contribution >= 0.6 is 0 Å². The minimum Gasteiger partial charge on any atom is -0.473 e. The van der Waals surface area contributed by atoms with Gasteiger partial charge in [-0.05, 0) is 40.5 Å². The van der Waals surface area contributed by atoms with E-state index in [0.29, 0.717) is 41.7 Å². The molecule has 1 heterocycles.